The van der Waals surface area contributed by atoms with Crippen molar-refractivity contribution in [1.29, 1.82) is 0 Å². The van der Waals surface area contributed by atoms with Crippen molar-refractivity contribution < 1.29 is 20.1 Å². The van der Waals surface area contributed by atoms with Gasteiger partial charge in [0.1, 0.15) is 12.2 Å². The third-order valence-corrected chi connectivity index (χ3v) is 2.21. The van der Waals surface area contributed by atoms with E-state index in [0.717, 1.165) is 0 Å². The minimum atomic E-state index is -1.59. The Bertz CT molecular complexity index is 144. The molecule has 72 valence electrons. The van der Waals surface area contributed by atoms with Crippen molar-refractivity contribution in [2.24, 2.45) is 0 Å². The zero-order chi connectivity index (χ0) is 9.72. The van der Waals surface area contributed by atoms with Crippen molar-refractivity contribution in [1.82, 2.24) is 0 Å². The monoisotopic (exact) mass is 216 g/mol. The summed E-state index contributed by atoms with van der Waals surface area (Å²) in [5.74, 6) is -0.170. The number of halogens is 2. The third-order valence-electron chi connectivity index (χ3n) is 1.34. The van der Waals surface area contributed by atoms with E-state index in [4.69, 9.17) is 38.5 Å². The van der Waals surface area contributed by atoms with E-state index in [9.17, 15) is 4.79 Å². The largest absolute Gasteiger partial charge is 0.390 e. The summed E-state index contributed by atoms with van der Waals surface area (Å²) in [4.78, 5) is 9.98. The Morgan fingerprint density at radius 3 is 2.17 bits per heavy atom. The number of alkyl halides is 2. The SMILES string of the molecule is O=C[C@@H](O)[C@@H](O)[C@H](Cl)[C@H](O)CCl. The molecule has 4 nitrogen and oxygen atoms in total. The molecule has 0 aromatic rings. The predicted molar refractivity (Wildman–Crippen MR) is 44.4 cm³/mol. The normalized spacial score (nSPS) is 21.1. The summed E-state index contributed by atoms with van der Waals surface area (Å²) in [5, 5.41) is 25.7. The first-order valence-electron chi connectivity index (χ1n) is 3.24. The summed E-state index contributed by atoms with van der Waals surface area (Å²) in [6, 6.07) is 0. The third kappa shape index (κ3) is 3.25. The molecule has 0 aliphatic rings. The second kappa shape index (κ2) is 5.72. The Hall–Kier alpha value is 0.130. The molecule has 0 spiro atoms. The highest BCUT2D eigenvalue weighted by molar-refractivity contribution is 6.23. The van der Waals surface area contributed by atoms with Crippen molar-refractivity contribution in [3.63, 3.8) is 0 Å². The van der Waals surface area contributed by atoms with Gasteiger partial charge < -0.3 is 20.1 Å². The molecule has 12 heavy (non-hydrogen) atoms. The van der Waals surface area contributed by atoms with Gasteiger partial charge in [0.05, 0.1) is 11.5 Å². The van der Waals surface area contributed by atoms with Crippen LogP contribution in [0, 0.1) is 0 Å². The van der Waals surface area contributed by atoms with Crippen LogP contribution >= 0.6 is 23.2 Å². The average Bonchev–Trinajstić information content (AvgIpc) is 2.12. The molecule has 0 bridgehead atoms. The maximum absolute atomic E-state index is 9.98. The van der Waals surface area contributed by atoms with Crippen molar-refractivity contribution in [3.8, 4) is 0 Å². The fourth-order valence-electron chi connectivity index (χ4n) is 0.582. The topological polar surface area (TPSA) is 77.8 Å². The van der Waals surface area contributed by atoms with Crippen LogP contribution in [0.25, 0.3) is 0 Å². The van der Waals surface area contributed by atoms with Crippen molar-refractivity contribution in [2.75, 3.05) is 5.88 Å². The highest BCUT2D eigenvalue weighted by Gasteiger charge is 2.29. The minimum Gasteiger partial charge on any atom is -0.390 e. The van der Waals surface area contributed by atoms with E-state index in [0.29, 0.717) is 0 Å². The molecular weight excluding hydrogens is 207 g/mol. The van der Waals surface area contributed by atoms with E-state index in [1.165, 1.54) is 0 Å². The van der Waals surface area contributed by atoms with Crippen LogP contribution < -0.4 is 0 Å². The number of rotatable bonds is 5. The van der Waals surface area contributed by atoms with Gasteiger partial charge in [0.15, 0.2) is 6.29 Å². The summed E-state index contributed by atoms with van der Waals surface area (Å²) in [5.41, 5.74) is 0. The van der Waals surface area contributed by atoms with Gasteiger partial charge in [-0.1, -0.05) is 0 Å². The molecule has 3 N–H and O–H groups in total. The number of carbonyl (C=O) groups is 1. The molecular formula is C6H10Cl2O4. The molecule has 0 amide bonds. The van der Waals surface area contributed by atoms with E-state index in [1.54, 1.807) is 0 Å². The van der Waals surface area contributed by atoms with E-state index < -0.39 is 23.7 Å². The summed E-state index contributed by atoms with van der Waals surface area (Å²) in [6.07, 6.45) is -4.11. The van der Waals surface area contributed by atoms with Crippen molar-refractivity contribution >= 4 is 29.5 Å². The van der Waals surface area contributed by atoms with Crippen molar-refractivity contribution in [3.05, 3.63) is 0 Å². The highest BCUT2D eigenvalue weighted by atomic mass is 35.5. The number of hydrogen-bond acceptors (Lipinski definition) is 4. The Kier molecular flexibility index (Phi) is 5.78. The zero-order valence-electron chi connectivity index (χ0n) is 6.10. The van der Waals surface area contributed by atoms with Crippen LogP contribution in [-0.4, -0.2) is 51.2 Å². The van der Waals surface area contributed by atoms with Gasteiger partial charge in [0.2, 0.25) is 0 Å². The van der Waals surface area contributed by atoms with Crippen molar-refractivity contribution in [2.45, 2.75) is 23.7 Å². The molecule has 0 saturated carbocycles. The standard InChI is InChI=1S/C6H10Cl2O4/c7-1-3(10)5(8)6(12)4(11)2-9/h2-6,10-12H,1H2/t3-,4-,5-,6-/m1/s1. The molecule has 6 heteroatoms. The van der Waals surface area contributed by atoms with Crippen LogP contribution in [0.15, 0.2) is 0 Å². The number of carbonyl (C=O) groups excluding carboxylic acids is 1. The van der Waals surface area contributed by atoms with Crippen LogP contribution in [0.3, 0.4) is 0 Å². The fraction of sp³-hybridized carbons (Fsp3) is 0.833. The second-order valence-corrected chi connectivity index (χ2v) is 3.10. The highest BCUT2D eigenvalue weighted by Crippen LogP contribution is 2.12. The summed E-state index contributed by atoms with van der Waals surface area (Å²) in [7, 11) is 0. The lowest BCUT2D eigenvalue weighted by Gasteiger charge is -2.21. The lowest BCUT2D eigenvalue weighted by molar-refractivity contribution is -0.120. The van der Waals surface area contributed by atoms with Gasteiger partial charge in [-0.05, 0) is 0 Å². The molecule has 0 aliphatic carbocycles. The average molecular weight is 217 g/mol. The quantitative estimate of drug-likeness (QED) is 0.412. The number of aliphatic hydroxyl groups excluding tert-OH is 3. The first kappa shape index (κ1) is 12.1. The molecule has 0 aromatic heterocycles. The number of aliphatic hydroxyl groups is 3. The van der Waals surface area contributed by atoms with Gasteiger partial charge in [-0.25, -0.2) is 0 Å². The molecule has 0 saturated heterocycles. The van der Waals surface area contributed by atoms with Gasteiger partial charge in [-0.15, -0.1) is 23.2 Å². The summed E-state index contributed by atoms with van der Waals surface area (Å²) in [6.45, 7) is 0. The van der Waals surface area contributed by atoms with Gasteiger partial charge in [-0.2, -0.15) is 0 Å². The molecule has 0 unspecified atom stereocenters. The Balaban J connectivity index is 4.07. The van der Waals surface area contributed by atoms with Crippen LogP contribution in [0.4, 0.5) is 0 Å². The van der Waals surface area contributed by atoms with Gasteiger partial charge in [0.25, 0.3) is 0 Å². The molecule has 0 fully saturated rings. The van der Waals surface area contributed by atoms with Gasteiger partial charge >= 0.3 is 0 Å². The van der Waals surface area contributed by atoms with Crippen LogP contribution in [0.2, 0.25) is 0 Å². The van der Waals surface area contributed by atoms with Crippen LogP contribution in [0.5, 0.6) is 0 Å². The summed E-state index contributed by atoms with van der Waals surface area (Å²) < 4.78 is 0. The molecule has 0 aliphatic heterocycles. The Morgan fingerprint density at radius 2 is 1.83 bits per heavy atom. The zero-order valence-corrected chi connectivity index (χ0v) is 7.61. The van der Waals surface area contributed by atoms with E-state index in [-0.39, 0.29) is 12.2 Å². The van der Waals surface area contributed by atoms with Gasteiger partial charge in [0, 0.05) is 5.88 Å². The van der Waals surface area contributed by atoms with Crippen LogP contribution in [-0.2, 0) is 4.79 Å². The Labute approximate surface area is 79.7 Å². The molecule has 0 radical (unpaired) electrons. The maximum Gasteiger partial charge on any atom is 0.151 e. The smallest absolute Gasteiger partial charge is 0.151 e. The summed E-state index contributed by atoms with van der Waals surface area (Å²) >= 11 is 10.7. The maximum atomic E-state index is 9.98. The minimum absolute atomic E-state index is 0.140. The Morgan fingerprint density at radius 1 is 1.33 bits per heavy atom. The number of aldehydes is 1. The lowest BCUT2D eigenvalue weighted by atomic mass is 10.1. The predicted octanol–water partition coefficient (Wildman–Crippen LogP) is -0.886. The first-order chi connectivity index (χ1) is 5.54. The fourth-order valence-corrected chi connectivity index (χ4v) is 1.10. The second-order valence-electron chi connectivity index (χ2n) is 2.28. The molecule has 0 aromatic carbocycles. The van der Waals surface area contributed by atoms with E-state index >= 15 is 0 Å². The lowest BCUT2D eigenvalue weighted by Crippen LogP contribution is -2.42. The van der Waals surface area contributed by atoms with E-state index in [1.807, 2.05) is 0 Å². The van der Waals surface area contributed by atoms with Crippen LogP contribution in [0.1, 0.15) is 0 Å². The first-order valence-corrected chi connectivity index (χ1v) is 4.21. The molecule has 0 rings (SSSR count). The molecule has 0 heterocycles. The van der Waals surface area contributed by atoms with E-state index in [2.05, 4.69) is 0 Å². The van der Waals surface area contributed by atoms with Gasteiger partial charge in [-0.3, -0.25) is 0 Å². The molecule has 4 atom stereocenters. The number of hydrogen-bond donors (Lipinski definition) is 3.